The van der Waals surface area contributed by atoms with Crippen LogP contribution in [0.3, 0.4) is 0 Å². The molecule has 1 aromatic heterocycles. The fraction of sp³-hybridized carbons (Fsp3) is 0.370. The highest BCUT2D eigenvalue weighted by atomic mass is 28.3. The minimum absolute atomic E-state index is 0.203. The van der Waals surface area contributed by atoms with Gasteiger partial charge in [0.15, 0.2) is 0 Å². The third-order valence-corrected chi connectivity index (χ3v) is 7.57. The van der Waals surface area contributed by atoms with Crippen molar-refractivity contribution in [1.82, 2.24) is 14.9 Å². The van der Waals surface area contributed by atoms with Gasteiger partial charge in [-0.05, 0) is 43.7 Å². The predicted molar refractivity (Wildman–Crippen MR) is 144 cm³/mol. The summed E-state index contributed by atoms with van der Waals surface area (Å²) < 4.78 is 12.4. The van der Waals surface area contributed by atoms with Gasteiger partial charge in [-0.2, -0.15) is 0 Å². The molecule has 0 saturated heterocycles. The number of methoxy groups -OCH3 is 1. The Morgan fingerprint density at radius 2 is 1.75 bits per heavy atom. The van der Waals surface area contributed by atoms with E-state index in [2.05, 4.69) is 29.9 Å². The molecular formula is C27H36N4O4Si. The largest absolute Gasteiger partial charge is 0.465 e. The Morgan fingerprint density at radius 1 is 1.08 bits per heavy atom. The normalized spacial score (nSPS) is 11.8. The summed E-state index contributed by atoms with van der Waals surface area (Å²) >= 11 is 0. The molecule has 0 bridgehead atoms. The first-order valence-electron chi connectivity index (χ1n) is 11.9. The number of amides is 1. The van der Waals surface area contributed by atoms with Crippen LogP contribution in [-0.4, -0.2) is 43.2 Å². The lowest BCUT2D eigenvalue weighted by Crippen LogP contribution is -2.42. The van der Waals surface area contributed by atoms with Crippen LogP contribution in [0.2, 0.25) is 25.7 Å². The van der Waals surface area contributed by atoms with Crippen LogP contribution in [-0.2, 0) is 21.7 Å². The number of ether oxygens (including phenoxy) is 2. The molecule has 2 aromatic carbocycles. The molecule has 0 atom stereocenters. The number of hydrogen-bond donors (Lipinski definition) is 2. The molecule has 192 valence electrons. The topological polar surface area (TPSA) is 108 Å². The number of hydrogen-bond acceptors (Lipinski definition) is 6. The number of carbonyl (C=O) groups excluding carboxylic acids is 2. The SMILES string of the molecule is COC(=O)c1ccc(-c2cn(COCC[Si](C)(C)C)c(C(=O)NC(C)(C)c3ccccc3N)n2)cc1. The third-order valence-electron chi connectivity index (χ3n) is 5.87. The maximum atomic E-state index is 13.4. The van der Waals surface area contributed by atoms with E-state index in [4.69, 9.17) is 15.2 Å². The Labute approximate surface area is 213 Å². The van der Waals surface area contributed by atoms with Crippen molar-refractivity contribution in [3.63, 3.8) is 0 Å². The summed E-state index contributed by atoms with van der Waals surface area (Å²) in [5.41, 5.74) is 8.68. The number of benzene rings is 2. The van der Waals surface area contributed by atoms with Gasteiger partial charge < -0.3 is 25.1 Å². The molecule has 8 nitrogen and oxygen atoms in total. The second kappa shape index (κ2) is 11.1. The number of carbonyl (C=O) groups is 2. The zero-order valence-corrected chi connectivity index (χ0v) is 22.9. The maximum Gasteiger partial charge on any atom is 0.337 e. The number of para-hydroxylation sites is 1. The van der Waals surface area contributed by atoms with E-state index in [9.17, 15) is 9.59 Å². The smallest absolute Gasteiger partial charge is 0.337 e. The summed E-state index contributed by atoms with van der Waals surface area (Å²) in [6, 6.07) is 15.4. The van der Waals surface area contributed by atoms with E-state index >= 15 is 0 Å². The van der Waals surface area contributed by atoms with Crippen LogP contribution in [0.5, 0.6) is 0 Å². The summed E-state index contributed by atoms with van der Waals surface area (Å²) in [6.45, 7) is 11.5. The first-order chi connectivity index (χ1) is 16.9. The first kappa shape index (κ1) is 27.2. The third kappa shape index (κ3) is 6.83. The number of imidazole rings is 1. The Morgan fingerprint density at radius 3 is 2.36 bits per heavy atom. The Kier molecular flexibility index (Phi) is 8.37. The lowest BCUT2D eigenvalue weighted by Gasteiger charge is -2.28. The van der Waals surface area contributed by atoms with Gasteiger partial charge in [0.25, 0.3) is 5.91 Å². The molecule has 0 spiro atoms. The highest BCUT2D eigenvalue weighted by Crippen LogP contribution is 2.27. The van der Waals surface area contributed by atoms with E-state index in [0.29, 0.717) is 23.6 Å². The van der Waals surface area contributed by atoms with Crippen LogP contribution in [0.1, 0.15) is 40.4 Å². The molecule has 0 aliphatic heterocycles. The molecule has 36 heavy (non-hydrogen) atoms. The zero-order chi connectivity index (χ0) is 26.5. The number of nitrogen functional groups attached to an aromatic ring is 1. The monoisotopic (exact) mass is 508 g/mol. The molecule has 0 aliphatic carbocycles. The molecule has 1 amide bonds. The maximum absolute atomic E-state index is 13.4. The molecule has 1 heterocycles. The van der Waals surface area contributed by atoms with E-state index in [1.807, 2.05) is 38.1 Å². The number of esters is 1. The Balaban J connectivity index is 1.88. The van der Waals surface area contributed by atoms with Crippen molar-refractivity contribution >= 4 is 25.6 Å². The van der Waals surface area contributed by atoms with Crippen molar-refractivity contribution < 1.29 is 19.1 Å². The average Bonchev–Trinajstić information content (AvgIpc) is 3.25. The van der Waals surface area contributed by atoms with Crippen LogP contribution in [0.4, 0.5) is 5.69 Å². The fourth-order valence-electron chi connectivity index (χ4n) is 3.74. The summed E-state index contributed by atoms with van der Waals surface area (Å²) in [5.74, 6) is -0.516. The van der Waals surface area contributed by atoms with E-state index in [1.165, 1.54) is 7.11 Å². The number of aromatic nitrogens is 2. The lowest BCUT2D eigenvalue weighted by molar-refractivity contribution is 0.0600. The van der Waals surface area contributed by atoms with Crippen molar-refractivity contribution in [2.45, 2.75) is 51.8 Å². The highest BCUT2D eigenvalue weighted by molar-refractivity contribution is 6.76. The summed E-state index contributed by atoms with van der Waals surface area (Å²) in [6.07, 6.45) is 1.79. The minimum atomic E-state index is -1.25. The van der Waals surface area contributed by atoms with Crippen molar-refractivity contribution in [2.75, 3.05) is 19.5 Å². The molecule has 0 saturated carbocycles. The number of nitrogens with two attached hydrogens (primary N) is 1. The standard InChI is InChI=1S/C27H36N4O4Si/c1-27(2,21-9-7-8-10-22(21)28)30-25(32)24-29-23(17-31(24)18-35-15-16-36(4,5)6)19-11-13-20(14-12-19)26(33)34-3/h7-14,17H,15-16,18,28H2,1-6H3,(H,30,32). The van der Waals surface area contributed by atoms with Gasteiger partial charge in [0.1, 0.15) is 6.73 Å². The molecular weight excluding hydrogens is 472 g/mol. The van der Waals surface area contributed by atoms with Gasteiger partial charge in [0.2, 0.25) is 5.82 Å². The van der Waals surface area contributed by atoms with Crippen molar-refractivity contribution in [3.8, 4) is 11.3 Å². The van der Waals surface area contributed by atoms with Gasteiger partial charge in [0.05, 0.1) is 23.9 Å². The second-order valence-corrected chi connectivity index (χ2v) is 16.1. The second-order valence-electron chi connectivity index (χ2n) is 10.5. The average molecular weight is 509 g/mol. The van der Waals surface area contributed by atoms with E-state index < -0.39 is 19.6 Å². The van der Waals surface area contributed by atoms with E-state index in [-0.39, 0.29) is 18.5 Å². The van der Waals surface area contributed by atoms with Crippen molar-refractivity contribution in [1.29, 1.82) is 0 Å². The quantitative estimate of drug-likeness (QED) is 0.175. The molecule has 0 fully saturated rings. The fourth-order valence-corrected chi connectivity index (χ4v) is 4.50. The van der Waals surface area contributed by atoms with Gasteiger partial charge in [0, 0.05) is 32.1 Å². The highest BCUT2D eigenvalue weighted by Gasteiger charge is 2.28. The molecule has 0 aliphatic rings. The minimum Gasteiger partial charge on any atom is -0.465 e. The Hall–Kier alpha value is -3.43. The van der Waals surface area contributed by atoms with Gasteiger partial charge in [-0.25, -0.2) is 9.78 Å². The molecule has 3 N–H and O–H groups in total. The van der Waals surface area contributed by atoms with Gasteiger partial charge in [-0.3, -0.25) is 4.79 Å². The molecule has 3 aromatic rings. The van der Waals surface area contributed by atoms with Crippen molar-refractivity contribution in [2.24, 2.45) is 0 Å². The van der Waals surface area contributed by atoms with Crippen LogP contribution in [0.15, 0.2) is 54.7 Å². The molecule has 0 unspecified atom stereocenters. The number of rotatable bonds is 10. The van der Waals surface area contributed by atoms with Crippen LogP contribution in [0, 0.1) is 0 Å². The van der Waals surface area contributed by atoms with E-state index in [1.54, 1.807) is 35.0 Å². The van der Waals surface area contributed by atoms with Crippen molar-refractivity contribution in [3.05, 3.63) is 71.7 Å². The Bertz CT molecular complexity index is 1210. The summed E-state index contributed by atoms with van der Waals surface area (Å²) in [4.78, 5) is 29.9. The number of nitrogens with one attached hydrogen (secondary N) is 1. The number of anilines is 1. The predicted octanol–water partition coefficient (Wildman–Crippen LogP) is 4.90. The van der Waals surface area contributed by atoms with Gasteiger partial charge >= 0.3 is 5.97 Å². The van der Waals surface area contributed by atoms with Gasteiger partial charge in [-0.1, -0.05) is 50.0 Å². The van der Waals surface area contributed by atoms with E-state index in [0.717, 1.165) is 17.2 Å². The molecule has 3 rings (SSSR count). The molecule has 9 heteroatoms. The van der Waals surface area contributed by atoms with Crippen LogP contribution >= 0.6 is 0 Å². The molecule has 0 radical (unpaired) electrons. The summed E-state index contributed by atoms with van der Waals surface area (Å²) in [5, 5.41) is 3.07. The summed E-state index contributed by atoms with van der Waals surface area (Å²) in [7, 11) is 0.0931. The lowest BCUT2D eigenvalue weighted by atomic mass is 9.92. The number of nitrogens with zero attached hydrogens (tertiary/aromatic N) is 2. The first-order valence-corrected chi connectivity index (χ1v) is 15.6. The van der Waals surface area contributed by atoms with Crippen LogP contribution in [0.25, 0.3) is 11.3 Å². The van der Waals surface area contributed by atoms with Gasteiger partial charge in [-0.15, -0.1) is 0 Å². The van der Waals surface area contributed by atoms with Crippen LogP contribution < -0.4 is 11.1 Å². The zero-order valence-electron chi connectivity index (χ0n) is 21.9.